The lowest BCUT2D eigenvalue weighted by Gasteiger charge is -2.27. The number of anilines is 1. The number of rotatable bonds is 3. The average Bonchev–Trinajstić information content (AvgIpc) is 2.55. The first kappa shape index (κ1) is 11.4. The number of fused-ring (bicyclic) bond motifs is 1. The Kier molecular flexibility index (Phi) is 3.15. The summed E-state index contributed by atoms with van der Waals surface area (Å²) in [5.41, 5.74) is 8.47. The molecule has 0 bridgehead atoms. The second-order valence-corrected chi connectivity index (χ2v) is 5.11. The van der Waals surface area contributed by atoms with Crippen molar-refractivity contribution in [2.75, 3.05) is 11.4 Å². The summed E-state index contributed by atoms with van der Waals surface area (Å²) < 4.78 is 0. The molecule has 0 radical (unpaired) electrons. The maximum atomic E-state index is 5.68. The van der Waals surface area contributed by atoms with E-state index in [-0.39, 0.29) is 5.92 Å². The van der Waals surface area contributed by atoms with Crippen molar-refractivity contribution in [3.8, 4) is 0 Å². The Morgan fingerprint density at radius 2 is 2.25 bits per heavy atom. The van der Waals surface area contributed by atoms with Crippen molar-refractivity contribution in [1.82, 2.24) is 0 Å². The number of nitrogens with zero attached hydrogens (tertiary/aromatic N) is 1. The SMILES string of the molecule is CC(CN1c2ccccc2CC1C)C(N)=S. The van der Waals surface area contributed by atoms with E-state index in [1.165, 1.54) is 11.3 Å². The van der Waals surface area contributed by atoms with Crippen LogP contribution >= 0.6 is 12.2 Å². The fourth-order valence-electron chi connectivity index (χ4n) is 2.29. The predicted molar refractivity (Wildman–Crippen MR) is 72.9 cm³/mol. The molecule has 0 fully saturated rings. The molecule has 1 aromatic rings. The molecule has 2 unspecified atom stereocenters. The minimum atomic E-state index is 0.267. The first-order valence-corrected chi connectivity index (χ1v) is 6.14. The Bertz CT molecular complexity index is 403. The summed E-state index contributed by atoms with van der Waals surface area (Å²) >= 11 is 5.04. The Labute approximate surface area is 102 Å². The van der Waals surface area contributed by atoms with Gasteiger partial charge in [-0.3, -0.25) is 0 Å². The van der Waals surface area contributed by atoms with Gasteiger partial charge in [0.1, 0.15) is 0 Å². The molecule has 1 aliphatic rings. The predicted octanol–water partition coefficient (Wildman–Crippen LogP) is 2.36. The van der Waals surface area contributed by atoms with Crippen molar-refractivity contribution in [2.45, 2.75) is 26.3 Å². The molecule has 3 heteroatoms. The molecule has 2 rings (SSSR count). The van der Waals surface area contributed by atoms with Crippen LogP contribution in [0.1, 0.15) is 19.4 Å². The topological polar surface area (TPSA) is 29.3 Å². The lowest BCUT2D eigenvalue weighted by Crippen LogP contribution is -2.37. The fourth-order valence-corrected chi connectivity index (χ4v) is 2.37. The highest BCUT2D eigenvalue weighted by Gasteiger charge is 2.26. The second-order valence-electron chi connectivity index (χ2n) is 4.64. The maximum Gasteiger partial charge on any atom is 0.0773 e. The van der Waals surface area contributed by atoms with E-state index in [1.54, 1.807) is 0 Å². The molecule has 2 atom stereocenters. The Hall–Kier alpha value is -1.09. The molecule has 0 spiro atoms. The molecular weight excluding hydrogens is 216 g/mol. The number of hydrogen-bond donors (Lipinski definition) is 1. The average molecular weight is 234 g/mol. The van der Waals surface area contributed by atoms with Crippen molar-refractivity contribution in [2.24, 2.45) is 11.7 Å². The van der Waals surface area contributed by atoms with Crippen molar-refractivity contribution in [3.05, 3.63) is 29.8 Å². The zero-order valence-corrected chi connectivity index (χ0v) is 10.6. The van der Waals surface area contributed by atoms with Gasteiger partial charge in [-0.1, -0.05) is 37.3 Å². The zero-order chi connectivity index (χ0) is 11.7. The lowest BCUT2D eigenvalue weighted by molar-refractivity contribution is 0.624. The van der Waals surface area contributed by atoms with Crippen LogP contribution in [0.3, 0.4) is 0 Å². The largest absolute Gasteiger partial charge is 0.393 e. The quantitative estimate of drug-likeness (QED) is 0.814. The molecule has 1 heterocycles. The highest BCUT2D eigenvalue weighted by molar-refractivity contribution is 7.80. The van der Waals surface area contributed by atoms with Gasteiger partial charge in [0.25, 0.3) is 0 Å². The Balaban J connectivity index is 2.19. The molecule has 86 valence electrons. The van der Waals surface area contributed by atoms with Gasteiger partial charge in [-0.25, -0.2) is 0 Å². The van der Waals surface area contributed by atoms with E-state index in [2.05, 4.69) is 43.0 Å². The maximum absolute atomic E-state index is 5.68. The van der Waals surface area contributed by atoms with Crippen LogP contribution < -0.4 is 10.6 Å². The molecule has 2 N–H and O–H groups in total. The number of hydrogen-bond acceptors (Lipinski definition) is 2. The van der Waals surface area contributed by atoms with Gasteiger partial charge in [-0.05, 0) is 25.0 Å². The van der Waals surface area contributed by atoms with Crippen molar-refractivity contribution in [3.63, 3.8) is 0 Å². The van der Waals surface area contributed by atoms with Gasteiger partial charge in [-0.15, -0.1) is 0 Å². The summed E-state index contributed by atoms with van der Waals surface area (Å²) in [5.74, 6) is 0.267. The van der Waals surface area contributed by atoms with E-state index in [0.29, 0.717) is 11.0 Å². The van der Waals surface area contributed by atoms with E-state index in [1.807, 2.05) is 0 Å². The molecule has 1 aromatic carbocycles. The van der Waals surface area contributed by atoms with Crippen molar-refractivity contribution >= 4 is 22.9 Å². The van der Waals surface area contributed by atoms with Crippen LogP contribution in [0.25, 0.3) is 0 Å². The number of thiocarbonyl (C=S) groups is 1. The smallest absolute Gasteiger partial charge is 0.0773 e. The van der Waals surface area contributed by atoms with Gasteiger partial charge in [0, 0.05) is 24.2 Å². The van der Waals surface area contributed by atoms with Crippen molar-refractivity contribution < 1.29 is 0 Å². The van der Waals surface area contributed by atoms with Crippen LogP contribution in [0, 0.1) is 5.92 Å². The van der Waals surface area contributed by atoms with E-state index in [9.17, 15) is 0 Å². The number of benzene rings is 1. The van der Waals surface area contributed by atoms with Crippen LogP contribution in [0.15, 0.2) is 24.3 Å². The van der Waals surface area contributed by atoms with E-state index < -0.39 is 0 Å². The second kappa shape index (κ2) is 4.42. The Morgan fingerprint density at radius 1 is 1.56 bits per heavy atom. The minimum Gasteiger partial charge on any atom is -0.393 e. The van der Waals surface area contributed by atoms with Crippen LogP contribution in [0.4, 0.5) is 5.69 Å². The summed E-state index contributed by atoms with van der Waals surface area (Å²) in [7, 11) is 0. The molecule has 2 nitrogen and oxygen atoms in total. The van der Waals surface area contributed by atoms with Gasteiger partial charge >= 0.3 is 0 Å². The summed E-state index contributed by atoms with van der Waals surface area (Å²) in [4.78, 5) is 3.02. The molecule has 1 aliphatic heterocycles. The van der Waals surface area contributed by atoms with Gasteiger partial charge in [0.15, 0.2) is 0 Å². The Morgan fingerprint density at radius 3 is 2.94 bits per heavy atom. The zero-order valence-electron chi connectivity index (χ0n) is 9.81. The third kappa shape index (κ3) is 2.05. The molecule has 0 saturated heterocycles. The normalized spacial score (nSPS) is 20.6. The molecule has 0 saturated carbocycles. The summed E-state index contributed by atoms with van der Waals surface area (Å²) in [6, 6.07) is 9.14. The van der Waals surface area contributed by atoms with Crippen LogP contribution in [-0.2, 0) is 6.42 Å². The van der Waals surface area contributed by atoms with Gasteiger partial charge in [-0.2, -0.15) is 0 Å². The lowest BCUT2D eigenvalue weighted by atomic mass is 10.1. The third-order valence-corrected chi connectivity index (χ3v) is 3.71. The molecular formula is C13H18N2S. The molecule has 0 aromatic heterocycles. The van der Waals surface area contributed by atoms with Gasteiger partial charge in [0.05, 0.1) is 4.99 Å². The van der Waals surface area contributed by atoms with Crippen LogP contribution in [0.2, 0.25) is 0 Å². The minimum absolute atomic E-state index is 0.267. The van der Waals surface area contributed by atoms with E-state index in [0.717, 1.165) is 13.0 Å². The highest BCUT2D eigenvalue weighted by atomic mass is 32.1. The summed E-state index contributed by atoms with van der Waals surface area (Å²) in [5, 5.41) is 0. The molecule has 16 heavy (non-hydrogen) atoms. The number of para-hydroxylation sites is 1. The van der Waals surface area contributed by atoms with Gasteiger partial charge in [0.2, 0.25) is 0 Å². The van der Waals surface area contributed by atoms with Gasteiger partial charge < -0.3 is 10.6 Å². The summed E-state index contributed by atoms with van der Waals surface area (Å²) in [6.07, 6.45) is 1.13. The first-order valence-electron chi connectivity index (χ1n) is 5.73. The van der Waals surface area contributed by atoms with E-state index in [4.69, 9.17) is 18.0 Å². The fraction of sp³-hybridized carbons (Fsp3) is 0.462. The first-order chi connectivity index (χ1) is 7.59. The summed E-state index contributed by atoms with van der Waals surface area (Å²) in [6.45, 7) is 5.27. The molecule has 0 aliphatic carbocycles. The van der Waals surface area contributed by atoms with E-state index >= 15 is 0 Å². The number of nitrogens with two attached hydrogens (primary N) is 1. The highest BCUT2D eigenvalue weighted by Crippen LogP contribution is 2.32. The van der Waals surface area contributed by atoms with Crippen LogP contribution in [-0.4, -0.2) is 17.6 Å². The monoisotopic (exact) mass is 234 g/mol. The third-order valence-electron chi connectivity index (χ3n) is 3.30. The van der Waals surface area contributed by atoms with Crippen LogP contribution in [0.5, 0.6) is 0 Å². The molecule has 0 amide bonds. The van der Waals surface area contributed by atoms with Crippen molar-refractivity contribution in [1.29, 1.82) is 0 Å². The standard InChI is InChI=1S/C13H18N2S/c1-9(13(14)16)8-15-10(2)7-11-5-3-4-6-12(11)15/h3-6,9-10H,7-8H2,1-2H3,(H2,14,16).